The fourth-order valence-corrected chi connectivity index (χ4v) is 9.73. The lowest BCUT2D eigenvalue weighted by molar-refractivity contribution is -0.137. The summed E-state index contributed by atoms with van der Waals surface area (Å²) in [6.45, 7) is 3.84. The highest BCUT2D eigenvalue weighted by Crippen LogP contribution is 2.47. The van der Waals surface area contributed by atoms with E-state index in [1.807, 2.05) is 29.2 Å². The van der Waals surface area contributed by atoms with Gasteiger partial charge < -0.3 is 19.5 Å². The minimum Gasteiger partial charge on any atom is -0.477 e. The lowest BCUT2D eigenvalue weighted by Gasteiger charge is -2.36. The molecule has 3 aromatic heterocycles. The van der Waals surface area contributed by atoms with E-state index in [9.17, 15) is 27.9 Å². The van der Waals surface area contributed by atoms with Crippen molar-refractivity contribution >= 4 is 44.3 Å². The molecular weight excluding hydrogens is 674 g/mol. The van der Waals surface area contributed by atoms with Crippen molar-refractivity contribution in [3.05, 3.63) is 76.7 Å². The average Bonchev–Trinajstić information content (AvgIpc) is 3.89. The second kappa shape index (κ2) is 13.7. The fraction of sp³-hybridized carbons (Fsp3) is 0.425. The van der Waals surface area contributed by atoms with Gasteiger partial charge in [0.1, 0.15) is 11.4 Å². The molecule has 1 aliphatic carbocycles. The number of aromatic carboxylic acids is 1. The first-order valence-corrected chi connectivity index (χ1v) is 19.0. The summed E-state index contributed by atoms with van der Waals surface area (Å²) in [6, 6.07) is 17.0. The third kappa shape index (κ3) is 6.66. The van der Waals surface area contributed by atoms with E-state index >= 15 is 0 Å². The van der Waals surface area contributed by atoms with Gasteiger partial charge in [-0.25, -0.2) is 9.78 Å². The molecule has 1 amide bonds. The number of carbonyl (C=O) groups excluding carboxylic acids is 1. The first-order valence-electron chi connectivity index (χ1n) is 18.1. The number of carboxylic acids is 1. The van der Waals surface area contributed by atoms with Crippen LogP contribution in [0.4, 0.5) is 13.2 Å². The predicted octanol–water partition coefficient (Wildman–Crippen LogP) is 9.44. The summed E-state index contributed by atoms with van der Waals surface area (Å²) in [4.78, 5) is 35.9. The molecule has 5 aromatic rings. The van der Waals surface area contributed by atoms with Gasteiger partial charge in [0, 0.05) is 30.1 Å². The number of likely N-dealkylation sites (tertiary alicyclic amines) is 2. The van der Waals surface area contributed by atoms with Crippen LogP contribution in [-0.2, 0) is 17.5 Å². The van der Waals surface area contributed by atoms with Crippen LogP contribution in [0.25, 0.3) is 43.6 Å². The molecule has 266 valence electrons. The summed E-state index contributed by atoms with van der Waals surface area (Å²) in [5.41, 5.74) is 4.54. The highest BCUT2D eigenvalue weighted by Gasteiger charge is 2.33. The standard InChI is InChI=1S/C40H41F3N4O3S/c41-40(42,43)29-10-6-9-26(22-29)31-13-11-27-21-28(12-14-32(27)44-31)37-36(25-7-2-1-3-8-25)38-33(23-34(51-38)39(49)50)47(37)24-35(48)46-19-15-30(16-20-46)45-17-4-5-18-45/h6,9-14,21-23,25,30H,1-5,7-8,15-20,24H2,(H,49,50). The molecule has 7 nitrogen and oxygen atoms in total. The monoisotopic (exact) mass is 714 g/mol. The molecule has 0 radical (unpaired) electrons. The van der Waals surface area contributed by atoms with Crippen LogP contribution in [0.15, 0.2) is 60.7 Å². The molecule has 2 aliphatic heterocycles. The summed E-state index contributed by atoms with van der Waals surface area (Å²) < 4.78 is 43.3. The Hall–Kier alpha value is -4.22. The topological polar surface area (TPSA) is 78.7 Å². The number of pyridine rings is 1. The van der Waals surface area contributed by atoms with Crippen molar-refractivity contribution in [2.45, 2.75) is 82.5 Å². The molecule has 11 heteroatoms. The maximum Gasteiger partial charge on any atom is 0.416 e. The number of carboxylic acid groups (broad SMARTS) is 1. The molecular formula is C40H41F3N4O3S. The number of rotatable bonds is 7. The number of halogens is 3. The number of alkyl halides is 3. The molecule has 0 bridgehead atoms. The number of piperidine rings is 1. The van der Waals surface area contributed by atoms with Gasteiger partial charge in [-0.15, -0.1) is 11.3 Å². The highest BCUT2D eigenvalue weighted by molar-refractivity contribution is 7.21. The Balaban J connectivity index is 1.19. The molecule has 8 rings (SSSR count). The van der Waals surface area contributed by atoms with Gasteiger partial charge in [0.25, 0.3) is 0 Å². The van der Waals surface area contributed by atoms with Crippen LogP contribution >= 0.6 is 11.3 Å². The normalized spacial score (nSPS) is 18.3. The Bertz CT molecular complexity index is 2100. The smallest absolute Gasteiger partial charge is 0.416 e. The van der Waals surface area contributed by atoms with E-state index in [-0.39, 0.29) is 23.2 Å². The minimum absolute atomic E-state index is 0.0412. The minimum atomic E-state index is -4.45. The third-order valence-corrected chi connectivity index (χ3v) is 12.4. The maximum absolute atomic E-state index is 14.1. The summed E-state index contributed by atoms with van der Waals surface area (Å²) >= 11 is 1.30. The molecule has 0 unspecified atom stereocenters. The first kappa shape index (κ1) is 33.9. The van der Waals surface area contributed by atoms with E-state index in [1.54, 1.807) is 18.2 Å². The van der Waals surface area contributed by atoms with Crippen molar-refractivity contribution in [3.63, 3.8) is 0 Å². The summed E-state index contributed by atoms with van der Waals surface area (Å²) in [5.74, 6) is -0.691. The number of hydrogen-bond donors (Lipinski definition) is 1. The Morgan fingerprint density at radius 2 is 1.61 bits per heavy atom. The molecule has 0 atom stereocenters. The first-order chi connectivity index (χ1) is 24.6. The second-order valence-corrected chi connectivity index (χ2v) is 15.4. The number of thiophene rings is 1. The summed E-state index contributed by atoms with van der Waals surface area (Å²) in [6.07, 6.45) is 5.34. The zero-order chi connectivity index (χ0) is 35.3. The van der Waals surface area contributed by atoms with Crippen molar-refractivity contribution in [2.24, 2.45) is 0 Å². The van der Waals surface area contributed by atoms with Crippen LogP contribution < -0.4 is 0 Å². The van der Waals surface area contributed by atoms with Crippen LogP contribution in [0.3, 0.4) is 0 Å². The molecule has 51 heavy (non-hydrogen) atoms. The van der Waals surface area contributed by atoms with Gasteiger partial charge in [0.15, 0.2) is 0 Å². The van der Waals surface area contributed by atoms with E-state index in [2.05, 4.69) is 9.47 Å². The number of benzene rings is 2. The van der Waals surface area contributed by atoms with Crippen molar-refractivity contribution in [1.82, 2.24) is 19.4 Å². The van der Waals surface area contributed by atoms with Crippen LogP contribution in [0.2, 0.25) is 0 Å². The van der Waals surface area contributed by atoms with Gasteiger partial charge in [0.2, 0.25) is 5.91 Å². The lowest BCUT2D eigenvalue weighted by Crippen LogP contribution is -2.46. The number of nitrogens with zero attached hydrogens (tertiary/aromatic N) is 4. The zero-order valence-electron chi connectivity index (χ0n) is 28.4. The van der Waals surface area contributed by atoms with Crippen LogP contribution in [0.1, 0.15) is 84.5 Å². The Morgan fingerprint density at radius 3 is 2.33 bits per heavy atom. The predicted molar refractivity (Wildman–Crippen MR) is 194 cm³/mol. The van der Waals surface area contributed by atoms with Crippen molar-refractivity contribution in [3.8, 4) is 22.5 Å². The van der Waals surface area contributed by atoms with Crippen molar-refractivity contribution in [1.29, 1.82) is 0 Å². The van der Waals surface area contributed by atoms with Gasteiger partial charge in [-0.3, -0.25) is 4.79 Å². The highest BCUT2D eigenvalue weighted by atomic mass is 32.1. The molecule has 3 fully saturated rings. The average molecular weight is 715 g/mol. The Morgan fingerprint density at radius 1 is 0.843 bits per heavy atom. The van der Waals surface area contributed by atoms with E-state index < -0.39 is 17.7 Å². The molecule has 1 saturated carbocycles. The molecule has 2 saturated heterocycles. The third-order valence-electron chi connectivity index (χ3n) is 11.2. The number of amides is 1. The molecule has 5 heterocycles. The van der Waals surface area contributed by atoms with Crippen molar-refractivity contribution < 1.29 is 27.9 Å². The number of aromatic nitrogens is 2. The molecule has 2 aromatic carbocycles. The van der Waals surface area contributed by atoms with Gasteiger partial charge in [-0.05, 0) is 105 Å². The molecule has 0 spiro atoms. The van der Waals surface area contributed by atoms with Gasteiger partial charge in [-0.2, -0.15) is 13.2 Å². The molecule has 3 aliphatic rings. The Kier molecular flexibility index (Phi) is 9.12. The number of hydrogen-bond acceptors (Lipinski definition) is 5. The van der Waals surface area contributed by atoms with Gasteiger partial charge >= 0.3 is 12.1 Å². The lowest BCUT2D eigenvalue weighted by atomic mass is 9.83. The van der Waals surface area contributed by atoms with Gasteiger partial charge in [0.05, 0.1) is 32.7 Å². The largest absolute Gasteiger partial charge is 0.477 e. The Labute approximate surface area is 298 Å². The van der Waals surface area contributed by atoms with Crippen molar-refractivity contribution in [2.75, 3.05) is 26.2 Å². The van der Waals surface area contributed by atoms with Gasteiger partial charge in [-0.1, -0.05) is 43.5 Å². The SMILES string of the molecule is O=C(O)c1cc2c(s1)c(C1CCCCC1)c(-c1ccc3nc(-c4cccc(C(F)(F)F)c4)ccc3c1)n2CC(=O)N1CCC(N2CCCC2)CC1. The van der Waals surface area contributed by atoms with Crippen LogP contribution in [0.5, 0.6) is 0 Å². The zero-order valence-corrected chi connectivity index (χ0v) is 29.2. The summed E-state index contributed by atoms with van der Waals surface area (Å²) in [7, 11) is 0. The van der Waals surface area contributed by atoms with E-state index in [1.165, 1.54) is 36.7 Å². The second-order valence-electron chi connectivity index (χ2n) is 14.4. The van der Waals surface area contributed by atoms with E-state index in [0.717, 1.165) is 109 Å². The molecule has 1 N–H and O–H groups in total. The summed E-state index contributed by atoms with van der Waals surface area (Å²) in [5, 5.41) is 10.8. The van der Waals surface area contributed by atoms with E-state index in [0.29, 0.717) is 22.8 Å². The maximum atomic E-state index is 14.1. The van der Waals surface area contributed by atoms with Crippen LogP contribution in [-0.4, -0.2) is 68.6 Å². The quantitative estimate of drug-likeness (QED) is 0.182. The van der Waals surface area contributed by atoms with E-state index in [4.69, 9.17) is 4.98 Å². The fourth-order valence-electron chi connectivity index (χ4n) is 8.61. The van der Waals surface area contributed by atoms with Crippen LogP contribution in [0, 0.1) is 0 Å². The number of fused-ring (bicyclic) bond motifs is 2. The number of carbonyl (C=O) groups is 2.